The summed E-state index contributed by atoms with van der Waals surface area (Å²) in [5.74, 6) is -0.128. The van der Waals surface area contributed by atoms with Crippen LogP contribution in [0.15, 0.2) is 18.2 Å². The van der Waals surface area contributed by atoms with Crippen LogP contribution in [0.4, 0.5) is 4.39 Å². The first-order valence-electron chi connectivity index (χ1n) is 4.08. The highest BCUT2D eigenvalue weighted by atomic mass is 19.1. The molecule has 0 saturated heterocycles. The maximum absolute atomic E-state index is 13.2. The lowest BCUT2D eigenvalue weighted by Gasteiger charge is -2.11. The highest BCUT2D eigenvalue weighted by Crippen LogP contribution is 2.16. The Morgan fingerprint density at radius 2 is 2.08 bits per heavy atom. The number of benzene rings is 1. The van der Waals surface area contributed by atoms with Crippen molar-refractivity contribution in [3.63, 3.8) is 0 Å². The minimum Gasteiger partial charge on any atom is -0.313 e. The Morgan fingerprint density at radius 1 is 1.42 bits per heavy atom. The molecule has 1 nitrogen and oxygen atoms in total. The molecule has 1 aromatic carbocycles. The molecule has 1 atom stereocenters. The van der Waals surface area contributed by atoms with Crippen LogP contribution in [0, 0.1) is 12.7 Å². The molecule has 0 aliphatic heterocycles. The topological polar surface area (TPSA) is 12.0 Å². The molecule has 0 fully saturated rings. The first-order valence-corrected chi connectivity index (χ1v) is 4.08. The van der Waals surface area contributed by atoms with Gasteiger partial charge in [-0.05, 0) is 32.5 Å². The summed E-state index contributed by atoms with van der Waals surface area (Å²) in [7, 11) is 1.82. The summed E-state index contributed by atoms with van der Waals surface area (Å²) in [4.78, 5) is 0. The summed E-state index contributed by atoms with van der Waals surface area (Å²) in [6, 6.07) is 5.38. The smallest absolute Gasteiger partial charge is 0.128 e. The Kier molecular flexibility index (Phi) is 2.82. The highest BCUT2D eigenvalue weighted by molar-refractivity contribution is 5.25. The molecule has 0 aliphatic carbocycles. The Hall–Kier alpha value is -0.890. The van der Waals surface area contributed by atoms with Gasteiger partial charge < -0.3 is 5.32 Å². The molecule has 12 heavy (non-hydrogen) atoms. The number of nitrogens with one attached hydrogen (secondary N) is 1. The van der Waals surface area contributed by atoms with Crippen molar-refractivity contribution in [2.24, 2.45) is 0 Å². The van der Waals surface area contributed by atoms with Crippen LogP contribution in [0.3, 0.4) is 0 Å². The Labute approximate surface area is 72.6 Å². The van der Waals surface area contributed by atoms with Crippen molar-refractivity contribution in [2.45, 2.75) is 19.9 Å². The lowest BCUT2D eigenvalue weighted by Crippen LogP contribution is -2.13. The van der Waals surface area contributed by atoms with Crippen molar-refractivity contribution in [3.8, 4) is 0 Å². The summed E-state index contributed by atoms with van der Waals surface area (Å²) in [6.07, 6.45) is 0. The number of aryl methyl sites for hydroxylation is 1. The monoisotopic (exact) mass is 167 g/mol. The highest BCUT2D eigenvalue weighted by Gasteiger charge is 2.07. The van der Waals surface area contributed by atoms with Crippen molar-refractivity contribution in [1.29, 1.82) is 0 Å². The second-order valence-electron chi connectivity index (χ2n) is 3.04. The van der Waals surface area contributed by atoms with Crippen LogP contribution in [-0.4, -0.2) is 7.05 Å². The fourth-order valence-corrected chi connectivity index (χ4v) is 1.14. The Balaban J connectivity index is 3.01. The van der Waals surface area contributed by atoms with Gasteiger partial charge in [0.2, 0.25) is 0 Å². The zero-order valence-corrected chi connectivity index (χ0v) is 7.69. The van der Waals surface area contributed by atoms with Gasteiger partial charge in [0.15, 0.2) is 0 Å². The summed E-state index contributed by atoms with van der Waals surface area (Å²) < 4.78 is 13.2. The molecule has 0 radical (unpaired) electrons. The van der Waals surface area contributed by atoms with Gasteiger partial charge in [0.25, 0.3) is 0 Å². The minimum atomic E-state index is -0.128. The zero-order valence-electron chi connectivity index (χ0n) is 7.69. The molecule has 0 spiro atoms. The largest absolute Gasteiger partial charge is 0.313 e. The average molecular weight is 167 g/mol. The molecule has 2 heteroatoms. The molecule has 0 amide bonds. The second kappa shape index (κ2) is 3.68. The molecule has 66 valence electrons. The molecule has 1 aromatic rings. The van der Waals surface area contributed by atoms with E-state index < -0.39 is 0 Å². The number of rotatable bonds is 2. The van der Waals surface area contributed by atoms with Crippen LogP contribution in [-0.2, 0) is 0 Å². The molecular formula is C10H14FN. The molecule has 0 heterocycles. The minimum absolute atomic E-state index is 0.0746. The summed E-state index contributed by atoms with van der Waals surface area (Å²) >= 11 is 0. The van der Waals surface area contributed by atoms with Gasteiger partial charge in [-0.2, -0.15) is 0 Å². The molecular weight excluding hydrogens is 153 g/mol. The van der Waals surface area contributed by atoms with E-state index in [9.17, 15) is 4.39 Å². The van der Waals surface area contributed by atoms with E-state index in [1.54, 1.807) is 6.07 Å². The first-order chi connectivity index (χ1) is 5.65. The van der Waals surface area contributed by atoms with Gasteiger partial charge in [-0.1, -0.05) is 12.1 Å². The van der Waals surface area contributed by atoms with Gasteiger partial charge in [-0.25, -0.2) is 4.39 Å². The van der Waals surface area contributed by atoms with Crippen LogP contribution < -0.4 is 5.32 Å². The Bertz CT molecular complexity index is 271. The summed E-state index contributed by atoms with van der Waals surface area (Å²) in [5, 5.41) is 3.00. The lowest BCUT2D eigenvalue weighted by molar-refractivity contribution is 0.561. The maximum Gasteiger partial charge on any atom is 0.128 e. The fraction of sp³-hybridized carbons (Fsp3) is 0.400. The van der Waals surface area contributed by atoms with Crippen molar-refractivity contribution in [1.82, 2.24) is 5.32 Å². The van der Waals surface area contributed by atoms with Crippen molar-refractivity contribution < 1.29 is 4.39 Å². The van der Waals surface area contributed by atoms with E-state index in [1.165, 1.54) is 0 Å². The molecule has 0 unspecified atom stereocenters. The Morgan fingerprint density at radius 3 is 2.58 bits per heavy atom. The molecule has 0 aliphatic rings. The summed E-state index contributed by atoms with van der Waals surface area (Å²) in [6.45, 7) is 3.82. The van der Waals surface area contributed by atoms with E-state index in [4.69, 9.17) is 0 Å². The third-order valence-corrected chi connectivity index (χ3v) is 2.06. The van der Waals surface area contributed by atoms with Crippen molar-refractivity contribution in [3.05, 3.63) is 35.1 Å². The predicted molar refractivity (Wildman–Crippen MR) is 48.6 cm³/mol. The van der Waals surface area contributed by atoms with Gasteiger partial charge in [0.05, 0.1) is 0 Å². The average Bonchev–Trinajstić information content (AvgIpc) is 2.03. The summed E-state index contributed by atoms with van der Waals surface area (Å²) in [5.41, 5.74) is 1.68. The zero-order chi connectivity index (χ0) is 9.14. The number of hydrogen-bond acceptors (Lipinski definition) is 1. The van der Waals surface area contributed by atoms with E-state index in [2.05, 4.69) is 5.32 Å². The van der Waals surface area contributed by atoms with Gasteiger partial charge in [0, 0.05) is 11.6 Å². The second-order valence-corrected chi connectivity index (χ2v) is 3.04. The van der Waals surface area contributed by atoms with E-state index in [0.717, 1.165) is 11.1 Å². The van der Waals surface area contributed by atoms with E-state index in [-0.39, 0.29) is 11.9 Å². The van der Waals surface area contributed by atoms with Gasteiger partial charge in [-0.3, -0.25) is 0 Å². The van der Waals surface area contributed by atoms with Gasteiger partial charge in [-0.15, -0.1) is 0 Å². The molecule has 0 saturated carbocycles. The van der Waals surface area contributed by atoms with E-state index in [0.29, 0.717) is 0 Å². The molecule has 0 bridgehead atoms. The molecule has 0 aromatic heterocycles. The third-order valence-electron chi connectivity index (χ3n) is 2.06. The van der Waals surface area contributed by atoms with Crippen LogP contribution in [0.2, 0.25) is 0 Å². The number of hydrogen-bond donors (Lipinski definition) is 1. The van der Waals surface area contributed by atoms with Gasteiger partial charge >= 0.3 is 0 Å². The van der Waals surface area contributed by atoms with Crippen LogP contribution >= 0.6 is 0 Å². The van der Waals surface area contributed by atoms with E-state index in [1.807, 2.05) is 33.0 Å². The maximum atomic E-state index is 13.2. The quantitative estimate of drug-likeness (QED) is 0.713. The van der Waals surface area contributed by atoms with Gasteiger partial charge in [0.1, 0.15) is 5.82 Å². The van der Waals surface area contributed by atoms with Crippen LogP contribution in [0.25, 0.3) is 0 Å². The first kappa shape index (κ1) is 9.20. The molecule has 1 N–H and O–H groups in total. The standard InChI is InChI=1S/C10H14FN/c1-7-4-5-9(8(2)12-3)10(11)6-7/h4-6,8,12H,1-3H3/t8-/m1/s1. The van der Waals surface area contributed by atoms with Crippen LogP contribution in [0.1, 0.15) is 24.1 Å². The fourth-order valence-electron chi connectivity index (χ4n) is 1.14. The number of halogens is 1. The van der Waals surface area contributed by atoms with Crippen molar-refractivity contribution >= 4 is 0 Å². The van der Waals surface area contributed by atoms with E-state index >= 15 is 0 Å². The van der Waals surface area contributed by atoms with Crippen LogP contribution in [0.5, 0.6) is 0 Å². The predicted octanol–water partition coefficient (Wildman–Crippen LogP) is 2.41. The normalized spacial score (nSPS) is 13.0. The molecule has 1 rings (SSSR count). The third kappa shape index (κ3) is 1.83. The van der Waals surface area contributed by atoms with Crippen molar-refractivity contribution in [2.75, 3.05) is 7.05 Å². The lowest BCUT2D eigenvalue weighted by atomic mass is 10.1. The SMILES string of the molecule is CN[C@H](C)c1ccc(C)cc1F.